The molecule has 2 saturated heterocycles. The second kappa shape index (κ2) is 8.06. The van der Waals surface area contributed by atoms with Gasteiger partial charge < -0.3 is 14.7 Å². The summed E-state index contributed by atoms with van der Waals surface area (Å²) in [5.41, 5.74) is -0.174. The van der Waals surface area contributed by atoms with Crippen molar-refractivity contribution >= 4 is 0 Å². The summed E-state index contributed by atoms with van der Waals surface area (Å²) < 4.78 is 5.67. The van der Waals surface area contributed by atoms with E-state index in [0.717, 1.165) is 38.8 Å². The molecule has 2 aliphatic rings. The molecule has 2 aliphatic heterocycles. The number of ether oxygens (including phenoxy) is 1. The van der Waals surface area contributed by atoms with Gasteiger partial charge in [0.15, 0.2) is 0 Å². The molecule has 2 unspecified atom stereocenters. The fraction of sp³-hybridized carbons (Fsp3) is 1.00. The van der Waals surface area contributed by atoms with Crippen LogP contribution in [0.25, 0.3) is 0 Å². The molecule has 0 radical (unpaired) electrons. The number of piperazine rings is 1. The maximum absolute atomic E-state index is 10.1. The number of hydrogen-bond acceptors (Lipinski definition) is 5. The zero-order chi connectivity index (χ0) is 16.2. The van der Waals surface area contributed by atoms with E-state index in [1.54, 1.807) is 0 Å². The number of β-amino-alcohol motifs (C(OH)–C–C–N with tert-alkyl or cyclic N) is 1. The minimum absolute atomic E-state index is 0.174. The molecule has 0 aromatic rings. The number of aliphatic hydroxyl groups excluding tert-OH is 1. The van der Waals surface area contributed by atoms with Gasteiger partial charge >= 0.3 is 0 Å². The van der Waals surface area contributed by atoms with Gasteiger partial charge in [-0.05, 0) is 47.2 Å². The van der Waals surface area contributed by atoms with Crippen molar-refractivity contribution in [2.24, 2.45) is 0 Å². The highest BCUT2D eigenvalue weighted by molar-refractivity contribution is 4.84. The monoisotopic (exact) mass is 313 g/mol. The third-order valence-corrected chi connectivity index (χ3v) is 4.70. The van der Waals surface area contributed by atoms with Gasteiger partial charge in [-0.25, -0.2) is 0 Å². The van der Waals surface area contributed by atoms with Gasteiger partial charge in [0.1, 0.15) is 0 Å². The van der Waals surface area contributed by atoms with Gasteiger partial charge in [-0.2, -0.15) is 0 Å². The molecule has 1 N–H and O–H groups in total. The third kappa shape index (κ3) is 6.13. The fourth-order valence-electron chi connectivity index (χ4n) is 3.45. The van der Waals surface area contributed by atoms with Gasteiger partial charge in [-0.3, -0.25) is 9.80 Å². The topological polar surface area (TPSA) is 39.2 Å². The normalized spacial score (nSPS) is 28.0. The van der Waals surface area contributed by atoms with Gasteiger partial charge in [0, 0.05) is 45.3 Å². The summed E-state index contributed by atoms with van der Waals surface area (Å²) in [6.07, 6.45) is 2.28. The number of rotatable bonds is 5. The molecule has 0 aliphatic carbocycles. The zero-order valence-corrected chi connectivity index (χ0v) is 14.9. The Morgan fingerprint density at radius 3 is 2.41 bits per heavy atom. The number of likely N-dealkylation sites (N-methyl/N-ethyl adjacent to an activating group) is 1. The largest absolute Gasteiger partial charge is 0.389 e. The van der Waals surface area contributed by atoms with Crippen LogP contribution in [0, 0.1) is 0 Å². The Bertz CT molecular complexity index is 324. The maximum Gasteiger partial charge on any atom is 0.0900 e. The van der Waals surface area contributed by atoms with Crippen molar-refractivity contribution in [3.63, 3.8) is 0 Å². The summed E-state index contributed by atoms with van der Waals surface area (Å²) in [5, 5.41) is 10.1. The molecule has 0 spiro atoms. The lowest BCUT2D eigenvalue weighted by molar-refractivity contribution is -0.0598. The Hall–Kier alpha value is -0.200. The van der Waals surface area contributed by atoms with Crippen molar-refractivity contribution in [1.82, 2.24) is 14.7 Å². The summed E-state index contributed by atoms with van der Waals surface area (Å²) >= 11 is 0. The molecule has 2 heterocycles. The van der Waals surface area contributed by atoms with E-state index in [2.05, 4.69) is 21.7 Å². The highest BCUT2D eigenvalue weighted by Gasteiger charge is 2.27. The summed E-state index contributed by atoms with van der Waals surface area (Å²) in [6, 6.07) is 0.732. The first-order valence-electron chi connectivity index (χ1n) is 8.80. The van der Waals surface area contributed by atoms with Gasteiger partial charge in [0.05, 0.1) is 18.3 Å². The van der Waals surface area contributed by atoms with Crippen LogP contribution in [0.5, 0.6) is 0 Å². The summed E-state index contributed by atoms with van der Waals surface area (Å²) in [4.78, 5) is 7.47. The Kier molecular flexibility index (Phi) is 6.65. The van der Waals surface area contributed by atoms with Crippen LogP contribution in [-0.4, -0.2) is 97.0 Å². The molecule has 5 heteroatoms. The quantitative estimate of drug-likeness (QED) is 0.816. The predicted molar refractivity (Wildman–Crippen MR) is 90.2 cm³/mol. The summed E-state index contributed by atoms with van der Waals surface area (Å²) in [6.45, 7) is 14.1. The van der Waals surface area contributed by atoms with Gasteiger partial charge in [-0.1, -0.05) is 0 Å². The molecule has 2 atom stereocenters. The summed E-state index contributed by atoms with van der Waals surface area (Å²) in [5.74, 6) is 0. The van der Waals surface area contributed by atoms with E-state index in [1.165, 1.54) is 25.9 Å². The van der Waals surface area contributed by atoms with E-state index < -0.39 is 0 Å². The highest BCUT2D eigenvalue weighted by atomic mass is 16.5. The fourth-order valence-corrected chi connectivity index (χ4v) is 3.45. The second-order valence-corrected chi connectivity index (χ2v) is 7.97. The molecule has 22 heavy (non-hydrogen) atoms. The molecule has 0 amide bonds. The highest BCUT2D eigenvalue weighted by Crippen LogP contribution is 2.17. The molecule has 0 aromatic carbocycles. The van der Waals surface area contributed by atoms with E-state index in [9.17, 15) is 5.11 Å². The first kappa shape index (κ1) is 18.1. The van der Waals surface area contributed by atoms with Crippen LogP contribution in [-0.2, 0) is 4.74 Å². The Balaban J connectivity index is 1.66. The summed E-state index contributed by atoms with van der Waals surface area (Å²) in [7, 11) is 2.23. The zero-order valence-electron chi connectivity index (χ0n) is 14.9. The molecule has 2 fully saturated rings. The van der Waals surface area contributed by atoms with E-state index in [1.807, 2.05) is 20.8 Å². The van der Waals surface area contributed by atoms with Gasteiger partial charge in [0.25, 0.3) is 0 Å². The lowest BCUT2D eigenvalue weighted by Crippen LogP contribution is -2.55. The lowest BCUT2D eigenvalue weighted by atomic mass is 10.0. The van der Waals surface area contributed by atoms with Crippen LogP contribution in [0.3, 0.4) is 0 Å². The average molecular weight is 313 g/mol. The van der Waals surface area contributed by atoms with Crippen molar-refractivity contribution in [3.8, 4) is 0 Å². The third-order valence-electron chi connectivity index (χ3n) is 4.70. The molecule has 0 bridgehead atoms. The SMILES string of the molecule is CN1CCCC(N2CCN(CC(O)COC(C)(C)C)CC2)C1. The predicted octanol–water partition coefficient (Wildman–Crippen LogP) is 0.874. The number of likely N-dealkylation sites (tertiary alicyclic amines) is 1. The van der Waals surface area contributed by atoms with E-state index >= 15 is 0 Å². The molecular formula is C17H35N3O2. The van der Waals surface area contributed by atoms with Crippen molar-refractivity contribution in [2.45, 2.75) is 51.4 Å². The lowest BCUT2D eigenvalue weighted by Gasteiger charge is -2.43. The van der Waals surface area contributed by atoms with E-state index in [0.29, 0.717) is 6.61 Å². The van der Waals surface area contributed by atoms with Gasteiger partial charge in [0.2, 0.25) is 0 Å². The number of aliphatic hydroxyl groups is 1. The first-order valence-corrected chi connectivity index (χ1v) is 8.80. The van der Waals surface area contributed by atoms with Crippen LogP contribution >= 0.6 is 0 Å². The molecular weight excluding hydrogens is 278 g/mol. The molecule has 2 rings (SSSR count). The van der Waals surface area contributed by atoms with Crippen LogP contribution in [0.1, 0.15) is 33.6 Å². The molecule has 0 aromatic heterocycles. The van der Waals surface area contributed by atoms with E-state index in [4.69, 9.17) is 4.74 Å². The Labute approximate surface area is 136 Å². The minimum atomic E-state index is -0.383. The number of hydrogen-bond donors (Lipinski definition) is 1. The number of nitrogens with zero attached hydrogens (tertiary/aromatic N) is 3. The van der Waals surface area contributed by atoms with Crippen molar-refractivity contribution < 1.29 is 9.84 Å². The number of piperidine rings is 1. The average Bonchev–Trinajstić information content (AvgIpc) is 2.45. The first-order chi connectivity index (χ1) is 10.3. The molecule has 130 valence electrons. The Morgan fingerprint density at radius 2 is 1.82 bits per heavy atom. The Morgan fingerprint density at radius 1 is 1.14 bits per heavy atom. The maximum atomic E-state index is 10.1. The minimum Gasteiger partial charge on any atom is -0.389 e. The van der Waals surface area contributed by atoms with Crippen molar-refractivity contribution in [1.29, 1.82) is 0 Å². The van der Waals surface area contributed by atoms with Crippen molar-refractivity contribution in [3.05, 3.63) is 0 Å². The van der Waals surface area contributed by atoms with Gasteiger partial charge in [-0.15, -0.1) is 0 Å². The van der Waals surface area contributed by atoms with Crippen LogP contribution in [0.15, 0.2) is 0 Å². The molecule has 0 saturated carbocycles. The van der Waals surface area contributed by atoms with E-state index in [-0.39, 0.29) is 11.7 Å². The smallest absolute Gasteiger partial charge is 0.0900 e. The second-order valence-electron chi connectivity index (χ2n) is 7.97. The standard InChI is InChI=1S/C17H35N3O2/c1-17(2,3)22-14-16(21)13-19-8-10-20(11-9-19)15-6-5-7-18(4)12-15/h15-16,21H,5-14H2,1-4H3. The van der Waals surface area contributed by atoms with Crippen LogP contribution in [0.2, 0.25) is 0 Å². The molecule has 5 nitrogen and oxygen atoms in total. The van der Waals surface area contributed by atoms with Crippen LogP contribution < -0.4 is 0 Å². The van der Waals surface area contributed by atoms with Crippen molar-refractivity contribution in [2.75, 3.05) is 59.5 Å². The van der Waals surface area contributed by atoms with Crippen LogP contribution in [0.4, 0.5) is 0 Å².